The summed E-state index contributed by atoms with van der Waals surface area (Å²) in [6.07, 6.45) is 1.54. The Bertz CT molecular complexity index is 1140. The van der Waals surface area contributed by atoms with Crippen LogP contribution in [0.4, 0.5) is 0 Å². The maximum Gasteiger partial charge on any atom is 0.339 e. The zero-order chi connectivity index (χ0) is 23.1. The van der Waals surface area contributed by atoms with Crippen LogP contribution in [0.3, 0.4) is 0 Å². The number of hydrogen-bond donors (Lipinski definition) is 2. The number of aromatic hydroxyl groups is 1. The van der Waals surface area contributed by atoms with Crippen molar-refractivity contribution < 1.29 is 19.4 Å². The number of esters is 1. The summed E-state index contributed by atoms with van der Waals surface area (Å²) in [7, 11) is 0. The molecule has 0 aliphatic carbocycles. The molecule has 32 heavy (non-hydrogen) atoms. The Morgan fingerprint density at radius 2 is 1.91 bits per heavy atom. The number of phenolic OH excluding ortho intramolecular Hbond substituents is 1. The number of benzene rings is 2. The zero-order valence-electron chi connectivity index (χ0n) is 17.8. The molecule has 0 aliphatic rings. The minimum Gasteiger partial charge on any atom is -0.507 e. The number of hydrogen-bond acceptors (Lipinski definition) is 5. The van der Waals surface area contributed by atoms with Crippen LogP contribution in [-0.2, 0) is 16.1 Å². The van der Waals surface area contributed by atoms with Gasteiger partial charge in [0.25, 0.3) is 0 Å². The van der Waals surface area contributed by atoms with Gasteiger partial charge < -0.3 is 14.4 Å². The number of para-hydroxylation sites is 1. The molecule has 2 N–H and O–H groups in total. The third kappa shape index (κ3) is 5.64. The van der Waals surface area contributed by atoms with E-state index in [-0.39, 0.29) is 30.7 Å². The number of amides is 1. The minimum absolute atomic E-state index is 0.0825. The monoisotopic (exact) mass is 497 g/mol. The van der Waals surface area contributed by atoms with E-state index in [0.29, 0.717) is 17.7 Å². The molecule has 1 amide bonds. The fourth-order valence-corrected chi connectivity index (χ4v) is 3.51. The maximum atomic E-state index is 12.4. The van der Waals surface area contributed by atoms with Crippen LogP contribution in [0, 0.1) is 6.92 Å². The third-order valence-electron chi connectivity index (χ3n) is 4.89. The fourth-order valence-electron chi connectivity index (χ4n) is 3.25. The van der Waals surface area contributed by atoms with Gasteiger partial charge in [0.15, 0.2) is 0 Å². The first-order valence-corrected chi connectivity index (χ1v) is 10.9. The third-order valence-corrected chi connectivity index (χ3v) is 5.42. The highest BCUT2D eigenvalue weighted by Crippen LogP contribution is 2.28. The molecule has 0 saturated heterocycles. The Hall–Kier alpha value is -3.39. The molecule has 3 rings (SSSR count). The van der Waals surface area contributed by atoms with Crippen LogP contribution in [0.5, 0.6) is 5.75 Å². The van der Waals surface area contributed by atoms with Crippen molar-refractivity contribution in [2.75, 3.05) is 6.61 Å². The lowest BCUT2D eigenvalue weighted by molar-refractivity contribution is -0.121. The number of nitrogens with zero attached hydrogens (tertiary/aromatic N) is 2. The second-order valence-corrected chi connectivity index (χ2v) is 7.93. The number of carbonyl (C=O) groups excluding carboxylic acids is 2. The van der Waals surface area contributed by atoms with Gasteiger partial charge in [-0.3, -0.25) is 4.79 Å². The van der Waals surface area contributed by atoms with Crippen molar-refractivity contribution in [2.24, 2.45) is 5.10 Å². The van der Waals surface area contributed by atoms with E-state index in [1.165, 1.54) is 6.21 Å². The van der Waals surface area contributed by atoms with Crippen LogP contribution in [-0.4, -0.2) is 34.4 Å². The first kappa shape index (κ1) is 23.3. The van der Waals surface area contributed by atoms with Crippen molar-refractivity contribution in [3.63, 3.8) is 0 Å². The number of aromatic nitrogens is 1. The average molecular weight is 498 g/mol. The number of nitrogens with one attached hydrogen (secondary N) is 1. The molecule has 7 nitrogen and oxygen atoms in total. The lowest BCUT2D eigenvalue weighted by atomic mass is 10.1. The topological polar surface area (TPSA) is 92.9 Å². The summed E-state index contributed by atoms with van der Waals surface area (Å²) in [5.41, 5.74) is 5.93. The minimum atomic E-state index is -0.390. The summed E-state index contributed by atoms with van der Waals surface area (Å²) in [5.74, 6) is -0.595. The lowest BCUT2D eigenvalue weighted by Gasteiger charge is -2.12. The van der Waals surface area contributed by atoms with Gasteiger partial charge in [-0.25, -0.2) is 10.2 Å². The highest BCUT2D eigenvalue weighted by molar-refractivity contribution is 9.10. The van der Waals surface area contributed by atoms with E-state index in [2.05, 4.69) is 26.5 Å². The molecule has 0 atom stereocenters. The molecular formula is C24H24BrN3O4. The van der Waals surface area contributed by atoms with Gasteiger partial charge in [-0.2, -0.15) is 5.10 Å². The first-order valence-electron chi connectivity index (χ1n) is 10.1. The maximum absolute atomic E-state index is 12.4. The SMILES string of the molecule is CCOC(=O)c1cc(-c2ccc(Br)cc2)n(CCC(=O)NN=Cc2ccccc2O)c1C. The van der Waals surface area contributed by atoms with Crippen LogP contribution < -0.4 is 5.43 Å². The van der Waals surface area contributed by atoms with Gasteiger partial charge in [-0.05, 0) is 49.7 Å². The van der Waals surface area contributed by atoms with Crippen LogP contribution in [0.2, 0.25) is 0 Å². The van der Waals surface area contributed by atoms with Crippen LogP contribution in [0.25, 0.3) is 11.3 Å². The highest BCUT2D eigenvalue weighted by Gasteiger charge is 2.20. The van der Waals surface area contributed by atoms with Gasteiger partial charge in [0.2, 0.25) is 5.91 Å². The normalized spacial score (nSPS) is 11.0. The summed E-state index contributed by atoms with van der Waals surface area (Å²) in [6, 6.07) is 16.2. The largest absolute Gasteiger partial charge is 0.507 e. The first-order chi connectivity index (χ1) is 15.4. The number of halogens is 1. The molecule has 0 bridgehead atoms. The van der Waals surface area contributed by atoms with Gasteiger partial charge >= 0.3 is 5.97 Å². The predicted molar refractivity (Wildman–Crippen MR) is 127 cm³/mol. The molecule has 0 radical (unpaired) electrons. The molecule has 0 spiro atoms. The quantitative estimate of drug-likeness (QED) is 0.269. The van der Waals surface area contributed by atoms with E-state index >= 15 is 0 Å². The van der Waals surface area contributed by atoms with Crippen molar-refractivity contribution in [3.05, 3.63) is 75.9 Å². The number of carbonyl (C=O) groups is 2. The molecule has 0 saturated carbocycles. The summed E-state index contributed by atoms with van der Waals surface area (Å²) in [5, 5.41) is 13.7. The Kier molecular flexibility index (Phi) is 7.83. The standard InChI is InChI=1S/C24H24BrN3O4/c1-3-32-24(31)20-14-21(17-8-10-19(25)11-9-17)28(16(20)2)13-12-23(30)27-26-15-18-6-4-5-7-22(18)29/h4-11,14-15,29H,3,12-13H2,1-2H3,(H,27,30). The van der Waals surface area contributed by atoms with Crippen molar-refractivity contribution in [3.8, 4) is 17.0 Å². The second kappa shape index (κ2) is 10.8. The summed E-state index contributed by atoms with van der Waals surface area (Å²) < 4.78 is 8.06. The van der Waals surface area contributed by atoms with Gasteiger partial charge in [0, 0.05) is 34.4 Å². The number of ether oxygens (including phenoxy) is 1. The van der Waals surface area contributed by atoms with Crippen molar-refractivity contribution in [2.45, 2.75) is 26.8 Å². The van der Waals surface area contributed by atoms with Crippen molar-refractivity contribution in [1.29, 1.82) is 0 Å². The fraction of sp³-hybridized carbons (Fsp3) is 0.208. The van der Waals surface area contributed by atoms with E-state index in [1.54, 1.807) is 37.3 Å². The Morgan fingerprint density at radius 3 is 2.59 bits per heavy atom. The molecule has 8 heteroatoms. The Labute approximate surface area is 194 Å². The van der Waals surface area contributed by atoms with Crippen LogP contribution >= 0.6 is 15.9 Å². The Balaban J connectivity index is 1.77. The number of rotatable bonds is 8. The Morgan fingerprint density at radius 1 is 1.19 bits per heavy atom. The average Bonchev–Trinajstić information content (AvgIpc) is 3.10. The molecule has 166 valence electrons. The van der Waals surface area contributed by atoms with E-state index in [9.17, 15) is 14.7 Å². The highest BCUT2D eigenvalue weighted by atomic mass is 79.9. The number of phenols is 1. The summed E-state index contributed by atoms with van der Waals surface area (Å²) in [4.78, 5) is 24.7. The smallest absolute Gasteiger partial charge is 0.339 e. The van der Waals surface area contributed by atoms with E-state index in [0.717, 1.165) is 21.4 Å². The van der Waals surface area contributed by atoms with Crippen molar-refractivity contribution in [1.82, 2.24) is 9.99 Å². The van der Waals surface area contributed by atoms with Gasteiger partial charge in [-0.15, -0.1) is 0 Å². The van der Waals surface area contributed by atoms with Gasteiger partial charge in [-0.1, -0.05) is 40.2 Å². The number of hydrazone groups is 1. The van der Waals surface area contributed by atoms with Gasteiger partial charge in [0.05, 0.1) is 18.4 Å². The van der Waals surface area contributed by atoms with Crippen LogP contribution in [0.15, 0.2) is 64.2 Å². The van der Waals surface area contributed by atoms with E-state index < -0.39 is 0 Å². The molecule has 0 unspecified atom stereocenters. The molecule has 1 heterocycles. The van der Waals surface area contributed by atoms with E-state index in [4.69, 9.17) is 4.74 Å². The van der Waals surface area contributed by atoms with Gasteiger partial charge in [0.1, 0.15) is 5.75 Å². The molecule has 0 fully saturated rings. The molecule has 2 aromatic carbocycles. The summed E-state index contributed by atoms with van der Waals surface area (Å²) in [6.45, 7) is 4.24. The lowest BCUT2D eigenvalue weighted by Crippen LogP contribution is -2.20. The zero-order valence-corrected chi connectivity index (χ0v) is 19.4. The second-order valence-electron chi connectivity index (χ2n) is 7.01. The van der Waals surface area contributed by atoms with Crippen LogP contribution in [0.1, 0.15) is 35.0 Å². The predicted octanol–water partition coefficient (Wildman–Crippen LogP) is 4.65. The summed E-state index contributed by atoms with van der Waals surface area (Å²) >= 11 is 3.43. The van der Waals surface area contributed by atoms with E-state index in [1.807, 2.05) is 35.8 Å². The molecule has 0 aliphatic heterocycles. The molecule has 1 aromatic heterocycles. The molecule has 3 aromatic rings. The molecular weight excluding hydrogens is 474 g/mol. The van der Waals surface area contributed by atoms with Crippen molar-refractivity contribution >= 4 is 34.0 Å².